The molecule has 0 saturated carbocycles. The number of methoxy groups -OCH3 is 1. The van der Waals surface area contributed by atoms with Crippen molar-refractivity contribution in [2.24, 2.45) is 0 Å². The van der Waals surface area contributed by atoms with Crippen LogP contribution in [-0.4, -0.2) is 7.11 Å². The van der Waals surface area contributed by atoms with E-state index in [1.165, 1.54) is 11.1 Å². The summed E-state index contributed by atoms with van der Waals surface area (Å²) in [6, 6.07) is 14.3. The minimum absolute atomic E-state index is 0.271. The molecule has 2 nitrogen and oxygen atoms in total. The first-order valence-electron chi connectivity index (χ1n) is 6.41. The highest BCUT2D eigenvalue weighted by Crippen LogP contribution is 2.25. The van der Waals surface area contributed by atoms with Crippen LogP contribution in [0.1, 0.15) is 24.1 Å². The Morgan fingerprint density at radius 3 is 2.50 bits per heavy atom. The van der Waals surface area contributed by atoms with Gasteiger partial charge in [0.15, 0.2) is 0 Å². The molecule has 0 amide bonds. The van der Waals surface area contributed by atoms with Gasteiger partial charge in [-0.3, -0.25) is 0 Å². The van der Waals surface area contributed by atoms with Gasteiger partial charge < -0.3 is 10.1 Å². The third-order valence-corrected chi connectivity index (χ3v) is 4.07. The van der Waals surface area contributed by atoms with Gasteiger partial charge in [0.25, 0.3) is 0 Å². The lowest BCUT2D eigenvalue weighted by molar-refractivity contribution is 0.412. The minimum Gasteiger partial charge on any atom is -0.496 e. The zero-order valence-corrected chi connectivity index (χ0v) is 13.8. The summed E-state index contributed by atoms with van der Waals surface area (Å²) in [4.78, 5) is 0. The largest absolute Gasteiger partial charge is 0.496 e. The van der Waals surface area contributed by atoms with E-state index in [2.05, 4.69) is 40.3 Å². The highest BCUT2D eigenvalue weighted by atomic mass is 79.9. The van der Waals surface area contributed by atoms with Crippen molar-refractivity contribution < 1.29 is 4.74 Å². The van der Waals surface area contributed by atoms with Gasteiger partial charge in [-0.05, 0) is 58.2 Å². The van der Waals surface area contributed by atoms with E-state index in [0.717, 1.165) is 21.8 Å². The maximum Gasteiger partial charge on any atom is 0.133 e. The summed E-state index contributed by atoms with van der Waals surface area (Å²) in [5.41, 5.74) is 2.43. The molecule has 0 radical (unpaired) electrons. The lowest BCUT2D eigenvalue weighted by Gasteiger charge is -2.15. The molecule has 2 aromatic carbocycles. The first kappa shape index (κ1) is 15.4. The molecule has 1 atom stereocenters. The van der Waals surface area contributed by atoms with Gasteiger partial charge in [0.2, 0.25) is 0 Å². The maximum atomic E-state index is 5.90. The number of hydrogen-bond acceptors (Lipinski definition) is 2. The van der Waals surface area contributed by atoms with Crippen LogP contribution in [0, 0.1) is 0 Å². The van der Waals surface area contributed by atoms with E-state index in [0.29, 0.717) is 0 Å². The van der Waals surface area contributed by atoms with Crippen LogP contribution in [0.15, 0.2) is 46.9 Å². The van der Waals surface area contributed by atoms with E-state index >= 15 is 0 Å². The molecule has 0 aromatic heterocycles. The standard InChI is InChI=1S/C16H17BrClNO/c1-11(13-4-6-14(18)7-5-13)19-10-12-3-8-16(20-2)15(17)9-12/h3-9,11,19H,10H2,1-2H3/t11-/m0/s1. The van der Waals surface area contributed by atoms with Gasteiger partial charge in [-0.15, -0.1) is 0 Å². The molecule has 2 rings (SSSR count). The van der Waals surface area contributed by atoms with Crippen LogP contribution >= 0.6 is 27.5 Å². The average molecular weight is 355 g/mol. The third-order valence-electron chi connectivity index (χ3n) is 3.20. The SMILES string of the molecule is COc1ccc(CN[C@@H](C)c2ccc(Cl)cc2)cc1Br. The van der Waals surface area contributed by atoms with Gasteiger partial charge >= 0.3 is 0 Å². The van der Waals surface area contributed by atoms with E-state index in [1.807, 2.05) is 30.3 Å². The molecule has 20 heavy (non-hydrogen) atoms. The first-order valence-corrected chi connectivity index (χ1v) is 7.58. The highest BCUT2D eigenvalue weighted by Gasteiger charge is 2.06. The Balaban J connectivity index is 1.97. The number of rotatable bonds is 5. The highest BCUT2D eigenvalue weighted by molar-refractivity contribution is 9.10. The summed E-state index contributed by atoms with van der Waals surface area (Å²) in [5.74, 6) is 0.847. The van der Waals surface area contributed by atoms with Gasteiger partial charge in [-0.2, -0.15) is 0 Å². The van der Waals surface area contributed by atoms with Crippen molar-refractivity contribution in [1.82, 2.24) is 5.32 Å². The Morgan fingerprint density at radius 2 is 1.90 bits per heavy atom. The monoisotopic (exact) mass is 353 g/mol. The number of halogens is 2. The summed E-state index contributed by atoms with van der Waals surface area (Å²) in [7, 11) is 1.67. The van der Waals surface area contributed by atoms with Gasteiger partial charge in [-0.1, -0.05) is 29.8 Å². The molecule has 0 fully saturated rings. The smallest absolute Gasteiger partial charge is 0.133 e. The Labute approximate surface area is 133 Å². The Hall–Kier alpha value is -1.03. The van der Waals surface area contributed by atoms with Gasteiger partial charge in [0, 0.05) is 17.6 Å². The van der Waals surface area contributed by atoms with Crippen molar-refractivity contribution in [3.63, 3.8) is 0 Å². The molecule has 106 valence electrons. The van der Waals surface area contributed by atoms with E-state index in [4.69, 9.17) is 16.3 Å². The van der Waals surface area contributed by atoms with Crippen molar-refractivity contribution in [3.05, 3.63) is 63.1 Å². The first-order chi connectivity index (χ1) is 9.60. The number of benzene rings is 2. The lowest BCUT2D eigenvalue weighted by Crippen LogP contribution is -2.18. The molecule has 0 heterocycles. The van der Waals surface area contributed by atoms with Gasteiger partial charge in [-0.25, -0.2) is 0 Å². The molecule has 1 N–H and O–H groups in total. The molecular formula is C16H17BrClNO. The molecule has 0 aliphatic carbocycles. The third kappa shape index (κ3) is 3.98. The fourth-order valence-electron chi connectivity index (χ4n) is 1.96. The van der Waals surface area contributed by atoms with Crippen molar-refractivity contribution in [2.75, 3.05) is 7.11 Å². The number of nitrogens with one attached hydrogen (secondary N) is 1. The molecule has 0 unspecified atom stereocenters. The number of hydrogen-bond donors (Lipinski definition) is 1. The van der Waals surface area contributed by atoms with E-state index in [1.54, 1.807) is 7.11 Å². The lowest BCUT2D eigenvalue weighted by atomic mass is 10.1. The van der Waals surface area contributed by atoms with Crippen molar-refractivity contribution in [1.29, 1.82) is 0 Å². The fourth-order valence-corrected chi connectivity index (χ4v) is 2.67. The van der Waals surface area contributed by atoms with Crippen molar-refractivity contribution in [2.45, 2.75) is 19.5 Å². The summed E-state index contributed by atoms with van der Waals surface area (Å²) in [6.07, 6.45) is 0. The summed E-state index contributed by atoms with van der Waals surface area (Å²) in [5, 5.41) is 4.26. The molecule has 2 aromatic rings. The van der Waals surface area contributed by atoms with Crippen LogP contribution < -0.4 is 10.1 Å². The molecule has 0 bridgehead atoms. The Kier molecular flexibility index (Phi) is 5.46. The predicted molar refractivity (Wildman–Crippen MR) is 87.4 cm³/mol. The molecule has 0 aliphatic heterocycles. The van der Waals surface area contributed by atoms with E-state index in [-0.39, 0.29) is 6.04 Å². The van der Waals surface area contributed by atoms with Crippen LogP contribution in [0.25, 0.3) is 0 Å². The van der Waals surface area contributed by atoms with Crippen molar-refractivity contribution in [3.8, 4) is 5.75 Å². The predicted octanol–water partition coefficient (Wildman–Crippen LogP) is 4.96. The van der Waals surface area contributed by atoms with Gasteiger partial charge in [0.05, 0.1) is 11.6 Å². The van der Waals surface area contributed by atoms with Gasteiger partial charge in [0.1, 0.15) is 5.75 Å². The van der Waals surface area contributed by atoms with Crippen LogP contribution in [0.2, 0.25) is 5.02 Å². The zero-order chi connectivity index (χ0) is 14.5. The average Bonchev–Trinajstić information content (AvgIpc) is 2.45. The van der Waals surface area contributed by atoms with E-state index in [9.17, 15) is 0 Å². The topological polar surface area (TPSA) is 21.3 Å². The Morgan fingerprint density at radius 1 is 1.20 bits per heavy atom. The second kappa shape index (κ2) is 7.11. The zero-order valence-electron chi connectivity index (χ0n) is 11.5. The molecular weight excluding hydrogens is 338 g/mol. The second-order valence-corrected chi connectivity index (χ2v) is 5.91. The van der Waals surface area contributed by atoms with Crippen LogP contribution in [0.5, 0.6) is 5.75 Å². The normalized spacial score (nSPS) is 12.2. The summed E-state index contributed by atoms with van der Waals surface area (Å²) in [6.45, 7) is 2.94. The van der Waals surface area contributed by atoms with Crippen LogP contribution in [0.3, 0.4) is 0 Å². The molecule has 0 saturated heterocycles. The second-order valence-electron chi connectivity index (χ2n) is 4.62. The maximum absolute atomic E-state index is 5.90. The molecule has 0 spiro atoms. The molecule has 0 aliphatic rings. The summed E-state index contributed by atoms with van der Waals surface area (Å²) < 4.78 is 6.20. The minimum atomic E-state index is 0.271. The molecule has 4 heteroatoms. The number of ether oxygens (including phenoxy) is 1. The quantitative estimate of drug-likeness (QED) is 0.819. The van der Waals surface area contributed by atoms with Crippen LogP contribution in [0.4, 0.5) is 0 Å². The van der Waals surface area contributed by atoms with Crippen molar-refractivity contribution >= 4 is 27.5 Å². The van der Waals surface area contributed by atoms with E-state index < -0.39 is 0 Å². The van der Waals surface area contributed by atoms with Crippen LogP contribution in [-0.2, 0) is 6.54 Å². The Bertz CT molecular complexity index is 571. The summed E-state index contributed by atoms with van der Waals surface area (Å²) >= 11 is 9.40. The fraction of sp³-hybridized carbons (Fsp3) is 0.250.